The molecule has 0 aliphatic rings. The van der Waals surface area contributed by atoms with Crippen LogP contribution in [0.2, 0.25) is 0 Å². The summed E-state index contributed by atoms with van der Waals surface area (Å²) in [6.07, 6.45) is 0.0270. The molecule has 0 saturated heterocycles. The van der Waals surface area contributed by atoms with E-state index >= 15 is 0 Å². The van der Waals surface area contributed by atoms with E-state index in [0.29, 0.717) is 5.56 Å². The fourth-order valence-electron chi connectivity index (χ4n) is 1.70. The predicted octanol–water partition coefficient (Wildman–Crippen LogP) is 1.59. The van der Waals surface area contributed by atoms with E-state index < -0.39 is 16.8 Å². The Balaban J connectivity index is 2.73. The van der Waals surface area contributed by atoms with Gasteiger partial charge in [-0.2, -0.15) is 0 Å². The number of benzene rings is 1. The first kappa shape index (κ1) is 15.6. The predicted molar refractivity (Wildman–Crippen MR) is 71.4 cm³/mol. The van der Waals surface area contributed by atoms with Crippen molar-refractivity contribution in [2.45, 2.75) is 20.3 Å². The molecule has 7 heteroatoms. The maximum Gasteiger partial charge on any atom is 0.307 e. The number of hydrogen-bond donors (Lipinski definition) is 1. The van der Waals surface area contributed by atoms with Crippen LogP contribution in [0.1, 0.15) is 29.3 Å². The van der Waals surface area contributed by atoms with Crippen LogP contribution in [0.25, 0.3) is 0 Å². The van der Waals surface area contributed by atoms with Gasteiger partial charge in [0.1, 0.15) is 5.56 Å². The highest BCUT2D eigenvalue weighted by molar-refractivity contribution is 5.99. The average Bonchev–Trinajstić information content (AvgIpc) is 2.38. The van der Waals surface area contributed by atoms with Gasteiger partial charge in [-0.05, 0) is 19.4 Å². The van der Waals surface area contributed by atoms with Crippen LogP contribution in [0.5, 0.6) is 0 Å². The molecule has 0 heterocycles. The molecule has 1 aromatic carbocycles. The number of nitrogens with one attached hydrogen (secondary N) is 1. The topological polar surface area (TPSA) is 98.5 Å². The molecule has 1 N–H and O–H groups in total. The van der Waals surface area contributed by atoms with Crippen LogP contribution in [-0.4, -0.2) is 30.0 Å². The number of nitro groups is 1. The highest BCUT2D eigenvalue weighted by Crippen LogP contribution is 2.21. The van der Waals surface area contributed by atoms with E-state index in [1.54, 1.807) is 19.9 Å². The summed E-state index contributed by atoms with van der Waals surface area (Å²) < 4.78 is 4.72. The van der Waals surface area contributed by atoms with E-state index in [0.717, 1.165) is 0 Å². The second kappa shape index (κ2) is 7.22. The van der Waals surface area contributed by atoms with Gasteiger partial charge in [-0.25, -0.2) is 0 Å². The molecule has 1 aromatic rings. The summed E-state index contributed by atoms with van der Waals surface area (Å²) >= 11 is 0. The van der Waals surface area contributed by atoms with E-state index in [4.69, 9.17) is 4.74 Å². The van der Waals surface area contributed by atoms with Gasteiger partial charge in [0.15, 0.2) is 0 Å². The van der Waals surface area contributed by atoms with Crippen molar-refractivity contribution in [2.75, 3.05) is 13.2 Å². The van der Waals surface area contributed by atoms with Crippen molar-refractivity contribution in [1.29, 1.82) is 0 Å². The van der Waals surface area contributed by atoms with Gasteiger partial charge in [0.25, 0.3) is 11.6 Å². The van der Waals surface area contributed by atoms with Gasteiger partial charge in [0, 0.05) is 12.6 Å². The Morgan fingerprint density at radius 2 is 2.10 bits per heavy atom. The molecule has 0 aromatic heterocycles. The van der Waals surface area contributed by atoms with Gasteiger partial charge >= 0.3 is 5.97 Å². The molecule has 0 bridgehead atoms. The molecular formula is C13H16N2O5. The van der Waals surface area contributed by atoms with Gasteiger partial charge in [-0.15, -0.1) is 0 Å². The van der Waals surface area contributed by atoms with Crippen molar-refractivity contribution >= 4 is 17.6 Å². The Morgan fingerprint density at radius 1 is 1.40 bits per heavy atom. The third-order valence-electron chi connectivity index (χ3n) is 2.59. The van der Waals surface area contributed by atoms with Crippen LogP contribution in [0.15, 0.2) is 18.2 Å². The highest BCUT2D eigenvalue weighted by atomic mass is 16.6. The lowest BCUT2D eigenvalue weighted by Crippen LogP contribution is -2.27. The molecular weight excluding hydrogens is 264 g/mol. The summed E-state index contributed by atoms with van der Waals surface area (Å²) in [6, 6.07) is 4.41. The SMILES string of the molecule is CCOC(=O)CCNC(=O)c1c(C)cccc1[N+](=O)[O-]. The summed E-state index contributed by atoms with van der Waals surface area (Å²) in [5.74, 6) is -0.994. The minimum atomic E-state index is -0.604. The third-order valence-corrected chi connectivity index (χ3v) is 2.59. The number of hydrogen-bond acceptors (Lipinski definition) is 5. The minimum absolute atomic E-state index is 0.0151. The maximum atomic E-state index is 12.0. The molecule has 20 heavy (non-hydrogen) atoms. The number of ether oxygens (including phenoxy) is 1. The zero-order valence-electron chi connectivity index (χ0n) is 11.3. The van der Waals surface area contributed by atoms with Crippen LogP contribution in [0.3, 0.4) is 0 Å². The van der Waals surface area contributed by atoms with Crippen LogP contribution < -0.4 is 5.32 Å². The molecule has 0 aliphatic carbocycles. The van der Waals surface area contributed by atoms with E-state index in [1.807, 2.05) is 0 Å². The number of aryl methyl sites for hydroxylation is 1. The van der Waals surface area contributed by atoms with E-state index in [-0.39, 0.29) is 30.8 Å². The molecule has 108 valence electrons. The number of nitro benzene ring substituents is 1. The molecule has 0 spiro atoms. The average molecular weight is 280 g/mol. The van der Waals surface area contributed by atoms with E-state index in [9.17, 15) is 19.7 Å². The van der Waals surface area contributed by atoms with Gasteiger partial charge in [-0.1, -0.05) is 12.1 Å². The monoisotopic (exact) mass is 280 g/mol. The Morgan fingerprint density at radius 3 is 2.70 bits per heavy atom. The van der Waals surface area contributed by atoms with Crippen molar-refractivity contribution in [1.82, 2.24) is 5.32 Å². The normalized spacial score (nSPS) is 9.90. The quantitative estimate of drug-likeness (QED) is 0.484. The molecule has 0 unspecified atom stereocenters. The van der Waals surface area contributed by atoms with Crippen LogP contribution in [0.4, 0.5) is 5.69 Å². The standard InChI is InChI=1S/C13H16N2O5/c1-3-20-11(16)7-8-14-13(17)12-9(2)5-4-6-10(12)15(18)19/h4-6H,3,7-8H2,1-2H3,(H,14,17). The lowest BCUT2D eigenvalue weighted by atomic mass is 10.1. The number of carbonyl (C=O) groups excluding carboxylic acids is 2. The number of carbonyl (C=O) groups is 2. The summed E-state index contributed by atoms with van der Waals surface area (Å²) in [6.45, 7) is 3.65. The number of nitrogens with zero attached hydrogens (tertiary/aromatic N) is 1. The van der Waals surface area contributed by atoms with Crippen LogP contribution in [-0.2, 0) is 9.53 Å². The summed E-state index contributed by atoms with van der Waals surface area (Å²) in [5, 5.41) is 13.4. The highest BCUT2D eigenvalue weighted by Gasteiger charge is 2.21. The molecule has 0 fully saturated rings. The van der Waals surface area contributed by atoms with E-state index in [2.05, 4.69) is 5.32 Å². The third kappa shape index (κ3) is 4.04. The number of rotatable bonds is 6. The Kier molecular flexibility index (Phi) is 5.64. The lowest BCUT2D eigenvalue weighted by molar-refractivity contribution is -0.385. The second-order valence-electron chi connectivity index (χ2n) is 4.04. The van der Waals surface area contributed by atoms with Crippen molar-refractivity contribution < 1.29 is 19.2 Å². The first-order valence-electron chi connectivity index (χ1n) is 6.15. The smallest absolute Gasteiger partial charge is 0.307 e. The molecule has 1 amide bonds. The minimum Gasteiger partial charge on any atom is -0.466 e. The Bertz CT molecular complexity index is 527. The molecule has 0 aliphatic heterocycles. The zero-order valence-corrected chi connectivity index (χ0v) is 11.3. The molecule has 0 atom stereocenters. The van der Waals surface area contributed by atoms with Gasteiger partial charge < -0.3 is 10.1 Å². The Labute approximate surface area is 116 Å². The fraction of sp³-hybridized carbons (Fsp3) is 0.385. The Hall–Kier alpha value is -2.44. The van der Waals surface area contributed by atoms with Crippen molar-refractivity contribution in [3.8, 4) is 0 Å². The molecule has 0 radical (unpaired) electrons. The summed E-state index contributed by atoms with van der Waals surface area (Å²) in [4.78, 5) is 33.4. The van der Waals surface area contributed by atoms with Crippen molar-refractivity contribution in [3.05, 3.63) is 39.4 Å². The van der Waals surface area contributed by atoms with Crippen LogP contribution >= 0.6 is 0 Å². The van der Waals surface area contributed by atoms with Gasteiger partial charge in [-0.3, -0.25) is 19.7 Å². The van der Waals surface area contributed by atoms with Gasteiger partial charge in [0.2, 0.25) is 0 Å². The first-order valence-corrected chi connectivity index (χ1v) is 6.15. The molecule has 7 nitrogen and oxygen atoms in total. The van der Waals surface area contributed by atoms with Gasteiger partial charge in [0.05, 0.1) is 18.0 Å². The number of esters is 1. The maximum absolute atomic E-state index is 12.0. The fourth-order valence-corrected chi connectivity index (χ4v) is 1.70. The largest absolute Gasteiger partial charge is 0.466 e. The molecule has 1 rings (SSSR count). The zero-order chi connectivity index (χ0) is 15.1. The van der Waals surface area contributed by atoms with Crippen molar-refractivity contribution in [3.63, 3.8) is 0 Å². The van der Waals surface area contributed by atoms with E-state index in [1.165, 1.54) is 12.1 Å². The van der Waals surface area contributed by atoms with Crippen LogP contribution in [0, 0.1) is 17.0 Å². The van der Waals surface area contributed by atoms with Crippen molar-refractivity contribution in [2.24, 2.45) is 0 Å². The summed E-state index contributed by atoms with van der Waals surface area (Å²) in [5.41, 5.74) is 0.271. The second-order valence-corrected chi connectivity index (χ2v) is 4.04. The number of amides is 1. The first-order chi connectivity index (χ1) is 9.47. The lowest BCUT2D eigenvalue weighted by Gasteiger charge is -2.08. The molecule has 0 saturated carbocycles. The summed E-state index contributed by atoms with van der Waals surface area (Å²) in [7, 11) is 0.